The van der Waals surface area contributed by atoms with Crippen LogP contribution in [0.25, 0.3) is 16.0 Å². The van der Waals surface area contributed by atoms with Crippen molar-refractivity contribution in [1.82, 2.24) is 4.98 Å². The van der Waals surface area contributed by atoms with Crippen LogP contribution in [0.15, 0.2) is 72.8 Å². The van der Waals surface area contributed by atoms with Crippen LogP contribution >= 0.6 is 11.3 Å². The van der Waals surface area contributed by atoms with Crippen LogP contribution in [0, 0.1) is 0 Å². The van der Waals surface area contributed by atoms with Gasteiger partial charge in [-0.05, 0) is 73.5 Å². The summed E-state index contributed by atoms with van der Waals surface area (Å²) in [6, 6.07) is 14.9. The molecule has 1 amide bonds. The van der Waals surface area contributed by atoms with E-state index < -0.39 is 17.7 Å². The standard InChI is InChI=1S/C33H30N2O7S/c1-5-13-41-25-12-7-19(16-26(25)40-6-2)29-28(30(36)20-8-11-24-21(15-20)14-18(3)42-24)31(37)32(38)35(29)33-34-23-10-9-22(39-4)17-27(23)43-33/h5,7-12,15-18,29,36H,1,6,13-14H2,2-4H3. The Morgan fingerprint density at radius 1 is 1.14 bits per heavy atom. The number of benzene rings is 3. The lowest BCUT2D eigenvalue weighted by atomic mass is 9.94. The number of Topliss-reactive ketones (excluding diaryl/α,β-unsaturated/α-hetero) is 1. The van der Waals surface area contributed by atoms with Gasteiger partial charge < -0.3 is 24.1 Å². The van der Waals surface area contributed by atoms with Crippen molar-refractivity contribution in [2.24, 2.45) is 0 Å². The number of thiazole rings is 1. The monoisotopic (exact) mass is 598 g/mol. The predicted molar refractivity (Wildman–Crippen MR) is 164 cm³/mol. The first-order valence-corrected chi connectivity index (χ1v) is 14.7. The zero-order valence-electron chi connectivity index (χ0n) is 24.0. The van der Waals surface area contributed by atoms with Gasteiger partial charge in [-0.25, -0.2) is 4.98 Å². The minimum Gasteiger partial charge on any atom is -0.507 e. The van der Waals surface area contributed by atoms with Gasteiger partial charge in [-0.15, -0.1) is 0 Å². The molecule has 3 aromatic carbocycles. The average Bonchev–Trinajstić information content (AvgIpc) is 3.67. The molecule has 0 spiro atoms. The van der Waals surface area contributed by atoms with E-state index in [4.69, 9.17) is 23.9 Å². The van der Waals surface area contributed by atoms with E-state index in [2.05, 4.69) is 6.58 Å². The molecule has 6 rings (SSSR count). The molecule has 0 aliphatic carbocycles. The smallest absolute Gasteiger partial charge is 0.301 e. The highest BCUT2D eigenvalue weighted by molar-refractivity contribution is 7.22. The summed E-state index contributed by atoms with van der Waals surface area (Å²) in [6.07, 6.45) is 2.31. The van der Waals surface area contributed by atoms with E-state index in [-0.39, 0.29) is 24.0 Å². The molecule has 9 nitrogen and oxygen atoms in total. The highest BCUT2D eigenvalue weighted by Crippen LogP contribution is 2.46. The van der Waals surface area contributed by atoms with Crippen LogP contribution < -0.4 is 23.8 Å². The Bertz CT molecular complexity index is 1790. The van der Waals surface area contributed by atoms with Crippen LogP contribution in [0.5, 0.6) is 23.0 Å². The molecule has 10 heteroatoms. The number of carbonyl (C=O) groups is 2. The molecule has 4 aromatic rings. The molecule has 1 N–H and O–H groups in total. The molecule has 2 aliphatic heterocycles. The first kappa shape index (κ1) is 28.3. The summed E-state index contributed by atoms with van der Waals surface area (Å²) in [5, 5.41) is 12.0. The summed E-state index contributed by atoms with van der Waals surface area (Å²) in [5.41, 5.74) is 2.49. The quantitative estimate of drug-likeness (QED) is 0.105. The molecular formula is C33H30N2O7S. The number of ether oxygens (including phenoxy) is 4. The van der Waals surface area contributed by atoms with Crippen molar-refractivity contribution in [2.45, 2.75) is 32.4 Å². The average molecular weight is 599 g/mol. The molecule has 0 radical (unpaired) electrons. The Balaban J connectivity index is 1.53. The van der Waals surface area contributed by atoms with Crippen LogP contribution in [0.3, 0.4) is 0 Å². The Morgan fingerprint density at radius 3 is 2.74 bits per heavy atom. The van der Waals surface area contributed by atoms with Gasteiger partial charge in [0.2, 0.25) is 0 Å². The SMILES string of the molecule is C=CCOc1ccc(C2C(=C(O)c3ccc4c(c3)CC(C)O4)C(=O)C(=O)N2c2nc3ccc(OC)cc3s2)cc1OCC. The van der Waals surface area contributed by atoms with E-state index in [0.717, 1.165) is 16.0 Å². The number of rotatable bonds is 9. The Kier molecular flexibility index (Phi) is 7.53. The Morgan fingerprint density at radius 2 is 1.98 bits per heavy atom. The van der Waals surface area contributed by atoms with Crippen molar-refractivity contribution in [2.75, 3.05) is 25.2 Å². The number of anilines is 1. The molecule has 0 saturated carbocycles. The normalized spacial score (nSPS) is 18.9. The molecule has 220 valence electrons. The topological polar surface area (TPSA) is 107 Å². The summed E-state index contributed by atoms with van der Waals surface area (Å²) >= 11 is 1.26. The minimum atomic E-state index is -0.987. The van der Waals surface area contributed by atoms with Gasteiger partial charge in [-0.2, -0.15) is 0 Å². The highest BCUT2D eigenvalue weighted by Gasteiger charge is 2.48. The zero-order chi connectivity index (χ0) is 30.2. The van der Waals surface area contributed by atoms with Gasteiger partial charge in [0.15, 0.2) is 16.6 Å². The van der Waals surface area contributed by atoms with Crippen LogP contribution in [0.4, 0.5) is 5.13 Å². The zero-order valence-corrected chi connectivity index (χ0v) is 24.8. The van der Waals surface area contributed by atoms with E-state index in [1.807, 2.05) is 19.9 Å². The van der Waals surface area contributed by atoms with Crippen LogP contribution in [-0.4, -0.2) is 48.2 Å². The van der Waals surface area contributed by atoms with Gasteiger partial charge in [-0.3, -0.25) is 14.5 Å². The third-order valence-corrected chi connectivity index (χ3v) is 8.36. The van der Waals surface area contributed by atoms with Crippen molar-refractivity contribution in [3.8, 4) is 23.0 Å². The van der Waals surface area contributed by atoms with E-state index >= 15 is 0 Å². The van der Waals surface area contributed by atoms with Crippen molar-refractivity contribution in [3.63, 3.8) is 0 Å². The van der Waals surface area contributed by atoms with Gasteiger partial charge in [0.1, 0.15) is 30.0 Å². The molecule has 0 bridgehead atoms. The fourth-order valence-electron chi connectivity index (χ4n) is 5.42. The van der Waals surface area contributed by atoms with E-state index in [0.29, 0.717) is 52.1 Å². The van der Waals surface area contributed by atoms with Crippen LogP contribution in [0.1, 0.15) is 36.6 Å². The van der Waals surface area contributed by atoms with Crippen LogP contribution in [-0.2, 0) is 16.0 Å². The van der Waals surface area contributed by atoms with Crippen LogP contribution in [0.2, 0.25) is 0 Å². The third-order valence-electron chi connectivity index (χ3n) is 7.34. The number of aliphatic hydroxyl groups excluding tert-OH is 1. The second-order valence-corrected chi connectivity index (χ2v) is 11.2. The lowest BCUT2D eigenvalue weighted by Crippen LogP contribution is -2.29. The third kappa shape index (κ3) is 5.08. The number of hydrogen-bond donors (Lipinski definition) is 1. The minimum absolute atomic E-state index is 0.00875. The van der Waals surface area contributed by atoms with Crippen molar-refractivity contribution < 1.29 is 33.6 Å². The number of fused-ring (bicyclic) bond motifs is 2. The largest absolute Gasteiger partial charge is 0.507 e. The Labute approximate surface area is 252 Å². The first-order valence-electron chi connectivity index (χ1n) is 13.9. The maximum atomic E-state index is 13.8. The summed E-state index contributed by atoms with van der Waals surface area (Å²) in [7, 11) is 1.58. The maximum Gasteiger partial charge on any atom is 0.301 e. The number of nitrogens with zero attached hydrogens (tertiary/aromatic N) is 2. The molecule has 2 atom stereocenters. The summed E-state index contributed by atoms with van der Waals surface area (Å²) in [4.78, 5) is 33.6. The second kappa shape index (κ2) is 11.4. The molecule has 2 aliphatic rings. The molecule has 2 unspecified atom stereocenters. The number of aromatic nitrogens is 1. The molecule has 1 saturated heterocycles. The van der Waals surface area contributed by atoms with E-state index in [1.165, 1.54) is 16.2 Å². The molecule has 1 fully saturated rings. The lowest BCUT2D eigenvalue weighted by Gasteiger charge is -2.24. The number of amides is 1. The summed E-state index contributed by atoms with van der Waals surface area (Å²) in [6.45, 7) is 8.16. The predicted octanol–water partition coefficient (Wildman–Crippen LogP) is 6.22. The fourth-order valence-corrected chi connectivity index (χ4v) is 6.44. The second-order valence-electron chi connectivity index (χ2n) is 10.2. The molecule has 43 heavy (non-hydrogen) atoms. The number of ketones is 1. The molecule has 1 aromatic heterocycles. The summed E-state index contributed by atoms with van der Waals surface area (Å²) in [5.74, 6) is 0.429. The van der Waals surface area contributed by atoms with E-state index in [9.17, 15) is 14.7 Å². The van der Waals surface area contributed by atoms with Crippen molar-refractivity contribution >= 4 is 44.1 Å². The Hall–Kier alpha value is -4.83. The number of aliphatic hydroxyl groups is 1. The number of hydrogen-bond acceptors (Lipinski definition) is 9. The molecular weight excluding hydrogens is 568 g/mol. The van der Waals surface area contributed by atoms with Gasteiger partial charge in [-0.1, -0.05) is 30.1 Å². The number of carbonyl (C=O) groups excluding carboxylic acids is 2. The van der Waals surface area contributed by atoms with Crippen molar-refractivity contribution in [3.05, 3.63) is 89.5 Å². The van der Waals surface area contributed by atoms with Gasteiger partial charge in [0, 0.05) is 12.0 Å². The lowest BCUT2D eigenvalue weighted by molar-refractivity contribution is -0.132. The molecule has 3 heterocycles. The van der Waals surface area contributed by atoms with Gasteiger partial charge >= 0.3 is 5.91 Å². The van der Waals surface area contributed by atoms with E-state index in [1.54, 1.807) is 61.7 Å². The van der Waals surface area contributed by atoms with Gasteiger partial charge in [0.05, 0.1) is 35.5 Å². The fraction of sp³-hybridized carbons (Fsp3) is 0.242. The first-order chi connectivity index (χ1) is 20.8. The van der Waals surface area contributed by atoms with Crippen molar-refractivity contribution in [1.29, 1.82) is 0 Å². The van der Waals surface area contributed by atoms with Gasteiger partial charge in [0.25, 0.3) is 5.78 Å². The number of methoxy groups -OCH3 is 1. The maximum absolute atomic E-state index is 13.8. The highest BCUT2D eigenvalue weighted by atomic mass is 32.1. The summed E-state index contributed by atoms with van der Waals surface area (Å²) < 4.78 is 23.6.